The number of aromatic nitrogens is 1. The highest BCUT2D eigenvalue weighted by molar-refractivity contribution is 7.11. The van der Waals surface area contributed by atoms with Crippen LogP contribution in [0.25, 0.3) is 0 Å². The molecule has 1 N–H and O–H groups in total. The Hall–Kier alpha value is -0.410. The molecule has 0 saturated carbocycles. The SMILES string of the molecule is CCC(CC)c1ncc(CNC)s1. The third-order valence-electron chi connectivity index (χ3n) is 2.26. The molecule has 1 heterocycles. The topological polar surface area (TPSA) is 24.9 Å². The number of hydrogen-bond donors (Lipinski definition) is 1. The number of hydrogen-bond acceptors (Lipinski definition) is 3. The van der Waals surface area contributed by atoms with E-state index in [0.29, 0.717) is 5.92 Å². The summed E-state index contributed by atoms with van der Waals surface area (Å²) in [6, 6.07) is 0. The molecule has 0 fully saturated rings. The van der Waals surface area contributed by atoms with Crippen molar-refractivity contribution >= 4 is 11.3 Å². The van der Waals surface area contributed by atoms with E-state index >= 15 is 0 Å². The lowest BCUT2D eigenvalue weighted by molar-refractivity contribution is 0.637. The van der Waals surface area contributed by atoms with Gasteiger partial charge in [0.2, 0.25) is 0 Å². The molecular weight excluding hydrogens is 180 g/mol. The quantitative estimate of drug-likeness (QED) is 0.787. The van der Waals surface area contributed by atoms with E-state index in [1.165, 1.54) is 22.7 Å². The molecule has 0 unspecified atom stereocenters. The smallest absolute Gasteiger partial charge is 0.0958 e. The Morgan fingerprint density at radius 2 is 2.15 bits per heavy atom. The summed E-state index contributed by atoms with van der Waals surface area (Å²) >= 11 is 1.84. The van der Waals surface area contributed by atoms with Gasteiger partial charge in [-0.05, 0) is 19.9 Å². The van der Waals surface area contributed by atoms with E-state index in [1.54, 1.807) is 0 Å². The molecule has 74 valence electrons. The van der Waals surface area contributed by atoms with Crippen molar-refractivity contribution in [2.75, 3.05) is 7.05 Å². The highest BCUT2D eigenvalue weighted by atomic mass is 32.1. The molecule has 0 radical (unpaired) electrons. The van der Waals surface area contributed by atoms with Crippen molar-refractivity contribution in [1.82, 2.24) is 10.3 Å². The van der Waals surface area contributed by atoms with Crippen LogP contribution in [-0.4, -0.2) is 12.0 Å². The largest absolute Gasteiger partial charge is 0.315 e. The number of thiazole rings is 1. The van der Waals surface area contributed by atoms with E-state index in [9.17, 15) is 0 Å². The molecule has 0 aliphatic carbocycles. The molecule has 1 aromatic heterocycles. The second-order valence-electron chi connectivity index (χ2n) is 3.21. The van der Waals surface area contributed by atoms with Gasteiger partial charge in [-0.25, -0.2) is 4.98 Å². The van der Waals surface area contributed by atoms with Gasteiger partial charge in [0.1, 0.15) is 0 Å². The molecule has 0 spiro atoms. The van der Waals surface area contributed by atoms with Gasteiger partial charge in [0.25, 0.3) is 0 Å². The molecule has 0 atom stereocenters. The molecular formula is C10H18N2S. The summed E-state index contributed by atoms with van der Waals surface area (Å²) in [5.41, 5.74) is 0. The normalized spacial score (nSPS) is 11.1. The maximum Gasteiger partial charge on any atom is 0.0958 e. The standard InChI is InChI=1S/C10H18N2S/c1-4-8(5-2)10-12-7-9(13-10)6-11-3/h7-8,11H,4-6H2,1-3H3. The maximum atomic E-state index is 4.46. The Morgan fingerprint density at radius 1 is 1.46 bits per heavy atom. The van der Waals surface area contributed by atoms with Gasteiger partial charge in [-0.3, -0.25) is 0 Å². The van der Waals surface area contributed by atoms with Crippen LogP contribution < -0.4 is 5.32 Å². The van der Waals surface area contributed by atoms with Crippen LogP contribution in [-0.2, 0) is 6.54 Å². The summed E-state index contributed by atoms with van der Waals surface area (Å²) in [5, 5.41) is 4.44. The summed E-state index contributed by atoms with van der Waals surface area (Å²) in [6.07, 6.45) is 4.39. The predicted octanol–water partition coefficient (Wildman–Crippen LogP) is 2.77. The van der Waals surface area contributed by atoms with Crippen LogP contribution in [0.15, 0.2) is 6.20 Å². The van der Waals surface area contributed by atoms with Gasteiger partial charge in [-0.2, -0.15) is 0 Å². The first kappa shape index (κ1) is 10.7. The van der Waals surface area contributed by atoms with Crippen LogP contribution in [0.5, 0.6) is 0 Å². The third kappa shape index (κ3) is 2.78. The second kappa shape index (κ2) is 5.35. The average molecular weight is 198 g/mol. The zero-order valence-corrected chi connectivity index (χ0v) is 9.45. The summed E-state index contributed by atoms with van der Waals surface area (Å²) in [4.78, 5) is 5.79. The van der Waals surface area contributed by atoms with E-state index in [1.807, 2.05) is 24.6 Å². The lowest BCUT2D eigenvalue weighted by Crippen LogP contribution is -2.02. The van der Waals surface area contributed by atoms with Crippen molar-refractivity contribution in [3.05, 3.63) is 16.1 Å². The molecule has 0 aliphatic rings. The van der Waals surface area contributed by atoms with Crippen molar-refractivity contribution < 1.29 is 0 Å². The minimum atomic E-state index is 0.663. The lowest BCUT2D eigenvalue weighted by Gasteiger charge is -2.06. The van der Waals surface area contributed by atoms with Gasteiger partial charge in [0, 0.05) is 23.5 Å². The highest BCUT2D eigenvalue weighted by Crippen LogP contribution is 2.26. The van der Waals surface area contributed by atoms with Gasteiger partial charge in [0.15, 0.2) is 0 Å². The zero-order chi connectivity index (χ0) is 9.68. The van der Waals surface area contributed by atoms with Crippen LogP contribution >= 0.6 is 11.3 Å². The summed E-state index contributed by atoms with van der Waals surface area (Å²) in [6.45, 7) is 5.40. The average Bonchev–Trinajstić information content (AvgIpc) is 2.56. The molecule has 3 heteroatoms. The van der Waals surface area contributed by atoms with E-state index in [0.717, 1.165) is 6.54 Å². The van der Waals surface area contributed by atoms with Crippen LogP contribution in [0.1, 0.15) is 42.5 Å². The van der Waals surface area contributed by atoms with Crippen molar-refractivity contribution in [3.8, 4) is 0 Å². The Balaban J connectivity index is 2.66. The molecule has 1 aromatic rings. The fourth-order valence-corrected chi connectivity index (χ4v) is 2.60. The van der Waals surface area contributed by atoms with Crippen LogP contribution in [0.4, 0.5) is 0 Å². The number of nitrogens with one attached hydrogen (secondary N) is 1. The van der Waals surface area contributed by atoms with E-state index in [4.69, 9.17) is 0 Å². The second-order valence-corrected chi connectivity index (χ2v) is 4.36. The number of nitrogens with zero attached hydrogens (tertiary/aromatic N) is 1. The Kier molecular flexibility index (Phi) is 4.39. The molecule has 2 nitrogen and oxygen atoms in total. The highest BCUT2D eigenvalue weighted by Gasteiger charge is 2.10. The van der Waals surface area contributed by atoms with Crippen LogP contribution in [0, 0.1) is 0 Å². The first-order valence-corrected chi connectivity index (χ1v) is 5.72. The van der Waals surface area contributed by atoms with Crippen LogP contribution in [0.3, 0.4) is 0 Å². The zero-order valence-electron chi connectivity index (χ0n) is 8.63. The molecule has 0 amide bonds. The van der Waals surface area contributed by atoms with E-state index in [-0.39, 0.29) is 0 Å². The lowest BCUT2D eigenvalue weighted by atomic mass is 10.1. The minimum Gasteiger partial charge on any atom is -0.315 e. The molecule has 0 aromatic carbocycles. The third-order valence-corrected chi connectivity index (χ3v) is 3.42. The summed E-state index contributed by atoms with van der Waals surface area (Å²) in [7, 11) is 1.97. The van der Waals surface area contributed by atoms with Gasteiger partial charge in [-0.1, -0.05) is 13.8 Å². The molecule has 1 rings (SSSR count). The first-order chi connectivity index (χ1) is 6.31. The minimum absolute atomic E-state index is 0.663. The van der Waals surface area contributed by atoms with E-state index in [2.05, 4.69) is 24.1 Å². The van der Waals surface area contributed by atoms with Crippen LogP contribution in [0.2, 0.25) is 0 Å². The summed E-state index contributed by atoms with van der Waals surface area (Å²) in [5.74, 6) is 0.663. The number of rotatable bonds is 5. The van der Waals surface area contributed by atoms with Gasteiger partial charge >= 0.3 is 0 Å². The van der Waals surface area contributed by atoms with E-state index < -0.39 is 0 Å². The molecule has 13 heavy (non-hydrogen) atoms. The van der Waals surface area contributed by atoms with Crippen molar-refractivity contribution in [2.45, 2.75) is 39.2 Å². The van der Waals surface area contributed by atoms with Gasteiger partial charge in [-0.15, -0.1) is 11.3 Å². The Bertz CT molecular complexity index is 241. The maximum absolute atomic E-state index is 4.46. The van der Waals surface area contributed by atoms with Gasteiger partial charge < -0.3 is 5.32 Å². The Labute approximate surface area is 84.4 Å². The molecule has 0 saturated heterocycles. The molecule has 0 bridgehead atoms. The van der Waals surface area contributed by atoms with Crippen molar-refractivity contribution in [1.29, 1.82) is 0 Å². The fraction of sp³-hybridized carbons (Fsp3) is 0.700. The fourth-order valence-electron chi connectivity index (χ4n) is 1.41. The van der Waals surface area contributed by atoms with Gasteiger partial charge in [0.05, 0.1) is 5.01 Å². The first-order valence-electron chi connectivity index (χ1n) is 4.91. The monoisotopic (exact) mass is 198 g/mol. The Morgan fingerprint density at radius 3 is 2.69 bits per heavy atom. The molecule has 0 aliphatic heterocycles. The summed E-state index contributed by atoms with van der Waals surface area (Å²) < 4.78 is 0. The van der Waals surface area contributed by atoms with Crippen molar-refractivity contribution in [3.63, 3.8) is 0 Å². The van der Waals surface area contributed by atoms with Crippen molar-refractivity contribution in [2.24, 2.45) is 0 Å². The predicted molar refractivity (Wildman–Crippen MR) is 58.2 cm³/mol.